The van der Waals surface area contributed by atoms with Crippen molar-refractivity contribution in [2.24, 2.45) is 10.2 Å². The van der Waals surface area contributed by atoms with Crippen LogP contribution in [-0.2, 0) is 11.3 Å². The predicted octanol–water partition coefficient (Wildman–Crippen LogP) is 3.64. The number of hydrogen-bond acceptors (Lipinski definition) is 6. The first-order valence-electron chi connectivity index (χ1n) is 7.65. The van der Waals surface area contributed by atoms with Gasteiger partial charge in [-0.2, -0.15) is 0 Å². The lowest BCUT2D eigenvalue weighted by Gasteiger charge is -2.00. The Morgan fingerprint density at radius 3 is 2.50 bits per heavy atom. The van der Waals surface area contributed by atoms with Gasteiger partial charge < -0.3 is 4.74 Å². The van der Waals surface area contributed by atoms with Crippen molar-refractivity contribution in [3.05, 3.63) is 80.8 Å². The first kappa shape index (κ1) is 17.2. The Kier molecular flexibility index (Phi) is 4.99. The van der Waals surface area contributed by atoms with E-state index >= 15 is 0 Å². The van der Waals surface area contributed by atoms with E-state index in [9.17, 15) is 14.9 Å². The van der Waals surface area contributed by atoms with Crippen LogP contribution in [0.25, 0.3) is 5.69 Å². The van der Waals surface area contributed by atoms with Gasteiger partial charge in [-0.1, -0.05) is 30.3 Å². The Labute approximate surface area is 147 Å². The Hall–Kier alpha value is -3.59. The summed E-state index contributed by atoms with van der Waals surface area (Å²) in [6, 6.07) is 14.9. The molecule has 0 aliphatic rings. The monoisotopic (exact) mass is 353 g/mol. The van der Waals surface area contributed by atoms with Crippen LogP contribution in [0, 0.1) is 10.1 Å². The smallest absolute Gasteiger partial charge is 0.299 e. The van der Waals surface area contributed by atoms with E-state index in [2.05, 4.69) is 15.3 Å². The number of ether oxygens (including phenoxy) is 1. The van der Waals surface area contributed by atoms with Crippen LogP contribution in [0.1, 0.15) is 5.69 Å². The van der Waals surface area contributed by atoms with Gasteiger partial charge in [0.25, 0.3) is 11.2 Å². The van der Waals surface area contributed by atoms with Gasteiger partial charge in [-0.05, 0) is 18.2 Å². The van der Waals surface area contributed by atoms with Crippen molar-refractivity contribution >= 4 is 17.1 Å². The Morgan fingerprint density at radius 2 is 1.81 bits per heavy atom. The van der Waals surface area contributed by atoms with Gasteiger partial charge in [0.2, 0.25) is 0 Å². The Bertz CT molecular complexity index is 1010. The molecule has 0 saturated heterocycles. The lowest BCUT2D eigenvalue weighted by molar-refractivity contribution is -0.384. The molecule has 0 atom stereocenters. The number of aromatic nitrogens is 2. The minimum atomic E-state index is -0.552. The van der Waals surface area contributed by atoms with Crippen molar-refractivity contribution in [1.82, 2.24) is 9.78 Å². The largest absolute Gasteiger partial charge is 0.378 e. The second-order valence-corrected chi connectivity index (χ2v) is 5.29. The molecule has 3 rings (SSSR count). The third-order valence-electron chi connectivity index (χ3n) is 3.58. The van der Waals surface area contributed by atoms with E-state index in [1.54, 1.807) is 30.3 Å². The third kappa shape index (κ3) is 3.42. The van der Waals surface area contributed by atoms with E-state index in [4.69, 9.17) is 4.74 Å². The predicted molar refractivity (Wildman–Crippen MR) is 94.4 cm³/mol. The minimum absolute atomic E-state index is 0.0360. The average Bonchev–Trinajstić information content (AvgIpc) is 2.97. The van der Waals surface area contributed by atoms with E-state index in [1.165, 1.54) is 30.0 Å². The van der Waals surface area contributed by atoms with Crippen LogP contribution < -0.4 is 5.56 Å². The van der Waals surface area contributed by atoms with Crippen molar-refractivity contribution in [2.75, 3.05) is 7.11 Å². The fourth-order valence-corrected chi connectivity index (χ4v) is 2.39. The van der Waals surface area contributed by atoms with Gasteiger partial charge >= 0.3 is 0 Å². The van der Waals surface area contributed by atoms with Crippen molar-refractivity contribution in [1.29, 1.82) is 0 Å². The minimum Gasteiger partial charge on any atom is -0.378 e. The molecule has 132 valence electrons. The fraction of sp³-hybridized carbons (Fsp3) is 0.118. The molecular formula is C17H15N5O4. The van der Waals surface area contributed by atoms with Gasteiger partial charge in [0.15, 0.2) is 11.4 Å². The first-order valence-corrected chi connectivity index (χ1v) is 7.65. The van der Waals surface area contributed by atoms with Crippen molar-refractivity contribution in [2.45, 2.75) is 6.61 Å². The third-order valence-corrected chi connectivity index (χ3v) is 3.58. The quantitative estimate of drug-likeness (QED) is 0.414. The second-order valence-electron chi connectivity index (χ2n) is 5.29. The molecule has 0 amide bonds. The topological polar surface area (TPSA) is 115 Å². The molecule has 9 nitrogen and oxygen atoms in total. The van der Waals surface area contributed by atoms with Crippen molar-refractivity contribution in [3.63, 3.8) is 0 Å². The number of nitrogens with zero attached hydrogens (tertiary/aromatic N) is 4. The maximum Gasteiger partial charge on any atom is 0.299 e. The molecule has 26 heavy (non-hydrogen) atoms. The summed E-state index contributed by atoms with van der Waals surface area (Å²) >= 11 is 0. The molecule has 1 heterocycles. The van der Waals surface area contributed by atoms with E-state index < -0.39 is 10.5 Å². The number of nitro benzene ring substituents is 1. The number of nitro groups is 1. The van der Waals surface area contributed by atoms with Crippen LogP contribution in [0.3, 0.4) is 0 Å². The van der Waals surface area contributed by atoms with Gasteiger partial charge in [-0.25, -0.2) is 4.68 Å². The lowest BCUT2D eigenvalue weighted by Crippen LogP contribution is -2.13. The molecule has 0 aliphatic heterocycles. The molecule has 0 spiro atoms. The molecule has 0 unspecified atom stereocenters. The summed E-state index contributed by atoms with van der Waals surface area (Å²) in [7, 11) is 1.49. The molecule has 0 fully saturated rings. The molecule has 0 saturated carbocycles. The molecule has 2 aromatic carbocycles. The summed E-state index contributed by atoms with van der Waals surface area (Å²) < 4.78 is 6.41. The highest BCUT2D eigenvalue weighted by atomic mass is 16.6. The Morgan fingerprint density at radius 1 is 1.12 bits per heavy atom. The molecular weight excluding hydrogens is 338 g/mol. The average molecular weight is 353 g/mol. The number of azo groups is 1. The Balaban J connectivity index is 2.06. The summed E-state index contributed by atoms with van der Waals surface area (Å²) in [6.45, 7) is 0.111. The fourth-order valence-electron chi connectivity index (χ4n) is 2.39. The molecule has 0 bridgehead atoms. The summed E-state index contributed by atoms with van der Waals surface area (Å²) in [4.78, 5) is 23.2. The SMILES string of the molecule is COCc1[nH]n(-c2ccccc2)c(=O)c1N=Nc1ccccc1[N+](=O)[O-]. The van der Waals surface area contributed by atoms with Crippen LogP contribution in [-0.4, -0.2) is 21.8 Å². The highest BCUT2D eigenvalue weighted by molar-refractivity contribution is 5.56. The zero-order valence-electron chi connectivity index (χ0n) is 13.8. The number of hydrogen-bond donors (Lipinski definition) is 1. The van der Waals surface area contributed by atoms with E-state index in [-0.39, 0.29) is 23.7 Å². The highest BCUT2D eigenvalue weighted by Crippen LogP contribution is 2.28. The number of benzene rings is 2. The second kappa shape index (κ2) is 7.53. The van der Waals surface area contributed by atoms with Gasteiger partial charge in [0.1, 0.15) is 0 Å². The van der Waals surface area contributed by atoms with Crippen LogP contribution in [0.2, 0.25) is 0 Å². The summed E-state index contributed by atoms with van der Waals surface area (Å²) in [5.74, 6) is 0. The zero-order valence-corrected chi connectivity index (χ0v) is 13.8. The molecule has 3 aromatic rings. The zero-order chi connectivity index (χ0) is 18.5. The maximum absolute atomic E-state index is 12.7. The van der Waals surface area contributed by atoms with Crippen LogP contribution in [0.4, 0.5) is 17.1 Å². The van der Waals surface area contributed by atoms with Crippen molar-refractivity contribution < 1.29 is 9.66 Å². The normalized spacial score (nSPS) is 11.1. The van der Waals surface area contributed by atoms with E-state index in [0.29, 0.717) is 11.4 Å². The lowest BCUT2D eigenvalue weighted by atomic mass is 10.3. The van der Waals surface area contributed by atoms with Crippen LogP contribution in [0.5, 0.6) is 0 Å². The number of H-pyrrole nitrogens is 1. The number of nitrogens with one attached hydrogen (secondary N) is 1. The first-order chi connectivity index (χ1) is 12.6. The number of aromatic amines is 1. The van der Waals surface area contributed by atoms with Crippen LogP contribution >= 0.6 is 0 Å². The molecule has 9 heteroatoms. The van der Waals surface area contributed by atoms with Gasteiger partial charge in [0.05, 0.1) is 22.9 Å². The van der Waals surface area contributed by atoms with Crippen molar-refractivity contribution in [3.8, 4) is 5.69 Å². The van der Waals surface area contributed by atoms with Crippen LogP contribution in [0.15, 0.2) is 69.6 Å². The highest BCUT2D eigenvalue weighted by Gasteiger charge is 2.16. The summed E-state index contributed by atoms with van der Waals surface area (Å²) in [5, 5.41) is 21.9. The maximum atomic E-state index is 12.7. The number of para-hydroxylation sites is 2. The van der Waals surface area contributed by atoms with Gasteiger partial charge in [0, 0.05) is 13.2 Å². The van der Waals surface area contributed by atoms with Gasteiger partial charge in [-0.15, -0.1) is 10.2 Å². The molecule has 1 aromatic heterocycles. The molecule has 1 N–H and O–H groups in total. The number of methoxy groups -OCH3 is 1. The van der Waals surface area contributed by atoms with E-state index in [0.717, 1.165) is 0 Å². The number of rotatable bonds is 6. The molecule has 0 radical (unpaired) electrons. The standard InChI is InChI=1S/C17H15N5O4/c1-26-11-14-16(17(23)21(20-14)12-7-3-2-4-8-12)19-18-13-9-5-6-10-15(13)22(24)25/h2-10,20H,11H2,1H3. The summed E-state index contributed by atoms with van der Waals surface area (Å²) in [6.07, 6.45) is 0. The van der Waals surface area contributed by atoms with E-state index in [1.807, 2.05) is 6.07 Å². The van der Waals surface area contributed by atoms with Gasteiger partial charge in [-0.3, -0.25) is 20.0 Å². The molecule has 0 aliphatic carbocycles. The summed E-state index contributed by atoms with van der Waals surface area (Å²) in [5.41, 5.74) is 0.529.